The van der Waals surface area contributed by atoms with Gasteiger partial charge in [-0.3, -0.25) is 0 Å². The van der Waals surface area contributed by atoms with Crippen LogP contribution in [-0.4, -0.2) is 31.3 Å². The first-order valence-electron chi connectivity index (χ1n) is 7.85. The Kier molecular flexibility index (Phi) is 5.17. The van der Waals surface area contributed by atoms with Crippen molar-refractivity contribution in [3.63, 3.8) is 0 Å². The van der Waals surface area contributed by atoms with Gasteiger partial charge in [0.2, 0.25) is 0 Å². The molecule has 5 heteroatoms. The van der Waals surface area contributed by atoms with E-state index in [0.717, 1.165) is 25.9 Å². The normalized spacial score (nSPS) is 23.5. The minimum absolute atomic E-state index is 0.0752. The smallest absolute Gasteiger partial charge is 0.316 e. The van der Waals surface area contributed by atoms with Crippen molar-refractivity contribution in [2.75, 3.05) is 19.6 Å². The summed E-state index contributed by atoms with van der Waals surface area (Å²) in [5.41, 5.74) is -0.713. The van der Waals surface area contributed by atoms with Gasteiger partial charge in [0.15, 0.2) is 0 Å². The molecule has 1 atom stereocenters. The van der Waals surface area contributed by atoms with Crippen LogP contribution in [0.25, 0.3) is 0 Å². The zero-order valence-corrected chi connectivity index (χ0v) is 13.3. The Bertz CT molecular complexity index is 463. The molecule has 1 aliphatic heterocycles. The van der Waals surface area contributed by atoms with Crippen molar-refractivity contribution in [3.8, 4) is 0 Å². The maximum absolute atomic E-state index is 12.9. The average molecular weight is 314 g/mol. The van der Waals surface area contributed by atoms with Crippen LogP contribution in [0.15, 0.2) is 30.3 Å². The lowest BCUT2D eigenvalue weighted by molar-refractivity contribution is -0.186. The van der Waals surface area contributed by atoms with Gasteiger partial charge >= 0.3 is 6.18 Å². The lowest BCUT2D eigenvalue weighted by Crippen LogP contribution is -2.54. The number of benzene rings is 1. The molecule has 2 rings (SSSR count). The van der Waals surface area contributed by atoms with Crippen molar-refractivity contribution in [1.82, 2.24) is 10.6 Å². The molecule has 0 amide bonds. The molecule has 0 unspecified atom stereocenters. The standard InChI is InChI=1S/C17H25F3N2/c1-15(2,17(18,19)20)22-12-10-16(9-6-11-21-13-16)14-7-4-3-5-8-14/h3-5,7-8,21-22H,6,9-13H2,1-2H3/t16-/m1/s1. The molecule has 1 aliphatic rings. The Labute approximate surface area is 130 Å². The lowest BCUT2D eigenvalue weighted by Gasteiger charge is -2.39. The maximum atomic E-state index is 12.9. The van der Waals surface area contributed by atoms with E-state index < -0.39 is 11.7 Å². The van der Waals surface area contributed by atoms with E-state index >= 15 is 0 Å². The molecule has 0 saturated carbocycles. The summed E-state index contributed by atoms with van der Waals surface area (Å²) in [6, 6.07) is 10.1. The van der Waals surface area contributed by atoms with Crippen molar-refractivity contribution < 1.29 is 13.2 Å². The first-order valence-corrected chi connectivity index (χ1v) is 7.85. The van der Waals surface area contributed by atoms with Crippen LogP contribution in [0, 0.1) is 0 Å². The molecule has 2 nitrogen and oxygen atoms in total. The molecule has 1 fully saturated rings. The van der Waals surface area contributed by atoms with Gasteiger partial charge in [-0.2, -0.15) is 13.2 Å². The third-order valence-electron chi connectivity index (χ3n) is 4.74. The summed E-state index contributed by atoms with van der Waals surface area (Å²) in [6.45, 7) is 4.55. The van der Waals surface area contributed by atoms with Crippen molar-refractivity contribution in [3.05, 3.63) is 35.9 Å². The Morgan fingerprint density at radius 1 is 1.18 bits per heavy atom. The third kappa shape index (κ3) is 3.82. The highest BCUT2D eigenvalue weighted by Crippen LogP contribution is 2.35. The molecule has 1 heterocycles. The molecule has 0 aromatic heterocycles. The number of rotatable bonds is 5. The van der Waals surface area contributed by atoms with Crippen LogP contribution in [-0.2, 0) is 5.41 Å². The van der Waals surface area contributed by atoms with E-state index in [0.29, 0.717) is 13.0 Å². The fourth-order valence-corrected chi connectivity index (χ4v) is 3.08. The fourth-order valence-electron chi connectivity index (χ4n) is 3.08. The predicted octanol–water partition coefficient (Wildman–Crippen LogP) is 3.63. The summed E-state index contributed by atoms with van der Waals surface area (Å²) in [4.78, 5) is 0. The van der Waals surface area contributed by atoms with E-state index in [9.17, 15) is 13.2 Å². The van der Waals surface area contributed by atoms with Crippen molar-refractivity contribution >= 4 is 0 Å². The lowest BCUT2D eigenvalue weighted by atomic mass is 9.72. The van der Waals surface area contributed by atoms with Crippen LogP contribution in [0.1, 0.15) is 38.7 Å². The summed E-state index contributed by atoms with van der Waals surface area (Å²) in [6.07, 6.45) is -1.48. The second kappa shape index (κ2) is 6.59. The Morgan fingerprint density at radius 2 is 1.86 bits per heavy atom. The Morgan fingerprint density at radius 3 is 2.41 bits per heavy atom. The number of alkyl halides is 3. The van der Waals surface area contributed by atoms with E-state index in [1.54, 1.807) is 0 Å². The van der Waals surface area contributed by atoms with Gasteiger partial charge in [0, 0.05) is 12.0 Å². The zero-order chi connectivity index (χ0) is 16.3. The maximum Gasteiger partial charge on any atom is 0.406 e. The van der Waals surface area contributed by atoms with Gasteiger partial charge in [0.1, 0.15) is 5.54 Å². The second-order valence-corrected chi connectivity index (χ2v) is 6.73. The van der Waals surface area contributed by atoms with Gasteiger partial charge in [0.25, 0.3) is 0 Å². The van der Waals surface area contributed by atoms with E-state index in [4.69, 9.17) is 0 Å². The number of hydrogen-bond donors (Lipinski definition) is 2. The average Bonchev–Trinajstić information content (AvgIpc) is 2.48. The summed E-state index contributed by atoms with van der Waals surface area (Å²) in [5.74, 6) is 0. The zero-order valence-electron chi connectivity index (χ0n) is 13.3. The molecule has 124 valence electrons. The number of piperidine rings is 1. The highest BCUT2D eigenvalue weighted by atomic mass is 19.4. The summed E-state index contributed by atoms with van der Waals surface area (Å²) in [5, 5.41) is 6.09. The van der Waals surface area contributed by atoms with Gasteiger partial charge in [-0.05, 0) is 51.8 Å². The van der Waals surface area contributed by atoms with E-state index in [-0.39, 0.29) is 5.41 Å². The SMILES string of the molecule is CC(C)(NCC[C@]1(c2ccccc2)CCCNC1)C(F)(F)F. The van der Waals surface area contributed by atoms with Gasteiger partial charge < -0.3 is 10.6 Å². The molecule has 2 N–H and O–H groups in total. The molecule has 0 aliphatic carbocycles. The quantitative estimate of drug-likeness (QED) is 0.867. The Balaban J connectivity index is 2.06. The third-order valence-corrected chi connectivity index (χ3v) is 4.74. The summed E-state index contributed by atoms with van der Waals surface area (Å²) >= 11 is 0. The van der Waals surface area contributed by atoms with Crippen molar-refractivity contribution in [2.45, 2.75) is 50.2 Å². The first-order chi connectivity index (χ1) is 10.3. The molecular weight excluding hydrogens is 289 g/mol. The topological polar surface area (TPSA) is 24.1 Å². The highest BCUT2D eigenvalue weighted by molar-refractivity contribution is 5.26. The minimum atomic E-state index is -4.24. The first kappa shape index (κ1) is 17.3. The van der Waals surface area contributed by atoms with Crippen LogP contribution in [0.5, 0.6) is 0 Å². The number of nitrogens with one attached hydrogen (secondary N) is 2. The van der Waals surface area contributed by atoms with E-state index in [1.165, 1.54) is 19.4 Å². The molecule has 0 spiro atoms. The summed E-state index contributed by atoms with van der Waals surface area (Å²) < 4.78 is 38.8. The van der Waals surface area contributed by atoms with E-state index in [2.05, 4.69) is 22.8 Å². The minimum Gasteiger partial charge on any atom is -0.316 e. The van der Waals surface area contributed by atoms with Crippen LogP contribution in [0.2, 0.25) is 0 Å². The van der Waals surface area contributed by atoms with Gasteiger partial charge in [-0.25, -0.2) is 0 Å². The molecule has 22 heavy (non-hydrogen) atoms. The highest BCUT2D eigenvalue weighted by Gasteiger charge is 2.47. The van der Waals surface area contributed by atoms with Crippen LogP contribution in [0.3, 0.4) is 0 Å². The van der Waals surface area contributed by atoms with Gasteiger partial charge in [0.05, 0.1) is 0 Å². The molecule has 1 saturated heterocycles. The van der Waals surface area contributed by atoms with Crippen LogP contribution < -0.4 is 10.6 Å². The second-order valence-electron chi connectivity index (χ2n) is 6.73. The molecule has 1 aromatic rings. The monoisotopic (exact) mass is 314 g/mol. The molecule has 0 radical (unpaired) electrons. The molecule has 0 bridgehead atoms. The van der Waals surface area contributed by atoms with E-state index in [1.807, 2.05) is 18.2 Å². The van der Waals surface area contributed by atoms with Crippen LogP contribution in [0.4, 0.5) is 13.2 Å². The summed E-state index contributed by atoms with van der Waals surface area (Å²) in [7, 11) is 0. The van der Waals surface area contributed by atoms with Gasteiger partial charge in [-0.1, -0.05) is 30.3 Å². The fraction of sp³-hybridized carbons (Fsp3) is 0.647. The number of hydrogen-bond acceptors (Lipinski definition) is 2. The van der Waals surface area contributed by atoms with Gasteiger partial charge in [-0.15, -0.1) is 0 Å². The molecule has 1 aromatic carbocycles. The predicted molar refractivity (Wildman–Crippen MR) is 83.0 cm³/mol. The number of halogens is 3. The molecular formula is C17H25F3N2. The Hall–Kier alpha value is -1.07. The van der Waals surface area contributed by atoms with Crippen LogP contribution >= 0.6 is 0 Å². The van der Waals surface area contributed by atoms with Crippen molar-refractivity contribution in [1.29, 1.82) is 0 Å². The van der Waals surface area contributed by atoms with Crippen molar-refractivity contribution in [2.24, 2.45) is 0 Å². The largest absolute Gasteiger partial charge is 0.406 e.